The summed E-state index contributed by atoms with van der Waals surface area (Å²) in [6.07, 6.45) is 2.30. The zero-order valence-electron chi connectivity index (χ0n) is 7.02. The number of Topliss-reactive ketones (excluding diaryl/α,β-unsaturated/α-hetero) is 1. The van der Waals surface area contributed by atoms with Crippen LogP contribution in [0, 0.1) is 0 Å². The van der Waals surface area contributed by atoms with Gasteiger partial charge in [-0.15, -0.1) is 0 Å². The van der Waals surface area contributed by atoms with Crippen molar-refractivity contribution in [1.29, 1.82) is 0 Å². The van der Waals surface area contributed by atoms with E-state index in [9.17, 15) is 13.2 Å². The Kier molecular flexibility index (Phi) is 2.76. The topological polar surface area (TPSA) is 92.8 Å². The summed E-state index contributed by atoms with van der Waals surface area (Å²) in [4.78, 5) is 11.2. The predicted octanol–water partition coefficient (Wildman–Crippen LogP) is -0.578. The van der Waals surface area contributed by atoms with Gasteiger partial charge in [0.05, 0.1) is 11.9 Å². The fourth-order valence-electron chi connectivity index (χ4n) is 0.742. The van der Waals surface area contributed by atoms with E-state index in [1.54, 1.807) is 0 Å². The third-order valence-corrected chi connectivity index (χ3v) is 2.35. The van der Waals surface area contributed by atoms with Gasteiger partial charge in [-0.05, 0) is 0 Å². The van der Waals surface area contributed by atoms with Crippen molar-refractivity contribution in [3.8, 4) is 0 Å². The lowest BCUT2D eigenvalue weighted by molar-refractivity contribution is 0.0984. The highest BCUT2D eigenvalue weighted by Gasteiger charge is 2.11. The molecular weight excluding hydrogens is 194 g/mol. The molecule has 0 aliphatic carbocycles. The maximum Gasteiger partial charge on any atom is 0.185 e. The molecule has 0 radical (unpaired) electrons. The van der Waals surface area contributed by atoms with Crippen LogP contribution < -0.4 is 0 Å². The third kappa shape index (κ3) is 3.32. The summed E-state index contributed by atoms with van der Waals surface area (Å²) in [5, 5.41) is 9.26. The minimum atomic E-state index is -3.09. The van der Waals surface area contributed by atoms with Crippen LogP contribution in [0.3, 0.4) is 0 Å². The molecule has 0 unspecified atom stereocenters. The summed E-state index contributed by atoms with van der Waals surface area (Å²) < 4.78 is 21.4. The first-order valence-corrected chi connectivity index (χ1v) is 5.62. The van der Waals surface area contributed by atoms with Gasteiger partial charge in [-0.2, -0.15) is 15.4 Å². The smallest absolute Gasteiger partial charge is 0.185 e. The first kappa shape index (κ1) is 9.85. The zero-order chi connectivity index (χ0) is 9.90. The van der Waals surface area contributed by atoms with E-state index < -0.39 is 9.84 Å². The molecule has 1 rings (SSSR count). The van der Waals surface area contributed by atoms with Crippen LogP contribution >= 0.6 is 0 Å². The van der Waals surface area contributed by atoms with Gasteiger partial charge in [0.15, 0.2) is 5.78 Å². The number of rotatable bonds is 4. The second kappa shape index (κ2) is 3.65. The first-order valence-electron chi connectivity index (χ1n) is 3.56. The standard InChI is InChI=1S/C6H9N3O3S/c1-13(11,12)3-2-6(10)5-4-7-9-8-5/h4H,2-3H2,1H3,(H,7,8,9). The van der Waals surface area contributed by atoms with Crippen molar-refractivity contribution in [1.82, 2.24) is 15.4 Å². The van der Waals surface area contributed by atoms with Crippen LogP contribution in [-0.4, -0.2) is 41.6 Å². The molecule has 0 bridgehead atoms. The van der Waals surface area contributed by atoms with Crippen LogP contribution in [0.4, 0.5) is 0 Å². The number of nitrogens with zero attached hydrogens (tertiary/aromatic N) is 2. The van der Waals surface area contributed by atoms with Gasteiger partial charge in [0.25, 0.3) is 0 Å². The lowest BCUT2D eigenvalue weighted by atomic mass is 10.2. The van der Waals surface area contributed by atoms with Crippen molar-refractivity contribution in [2.75, 3.05) is 12.0 Å². The van der Waals surface area contributed by atoms with Gasteiger partial charge in [0.2, 0.25) is 0 Å². The summed E-state index contributed by atoms with van der Waals surface area (Å²) in [5.74, 6) is -0.474. The van der Waals surface area contributed by atoms with Crippen LogP contribution in [0.2, 0.25) is 0 Å². The second-order valence-electron chi connectivity index (χ2n) is 2.66. The maximum atomic E-state index is 11.2. The number of carbonyl (C=O) groups is 1. The van der Waals surface area contributed by atoms with Crippen molar-refractivity contribution in [3.63, 3.8) is 0 Å². The molecule has 0 saturated carbocycles. The lowest BCUT2D eigenvalue weighted by Gasteiger charge is -1.94. The monoisotopic (exact) mass is 203 g/mol. The van der Waals surface area contributed by atoms with E-state index in [1.807, 2.05) is 0 Å². The molecule has 1 N–H and O–H groups in total. The summed E-state index contributed by atoms with van der Waals surface area (Å²) in [5.41, 5.74) is 0.170. The Morgan fingerprint density at radius 3 is 2.77 bits per heavy atom. The quantitative estimate of drug-likeness (QED) is 0.661. The average molecular weight is 203 g/mol. The van der Waals surface area contributed by atoms with E-state index in [0.717, 1.165) is 6.26 Å². The summed E-state index contributed by atoms with van der Waals surface area (Å²) >= 11 is 0. The van der Waals surface area contributed by atoms with E-state index in [0.29, 0.717) is 0 Å². The molecule has 13 heavy (non-hydrogen) atoms. The number of hydrogen-bond donors (Lipinski definition) is 1. The van der Waals surface area contributed by atoms with Crippen molar-refractivity contribution in [2.45, 2.75) is 6.42 Å². The van der Waals surface area contributed by atoms with Gasteiger partial charge in [0.1, 0.15) is 15.5 Å². The molecule has 72 valence electrons. The largest absolute Gasteiger partial charge is 0.292 e. The summed E-state index contributed by atoms with van der Waals surface area (Å²) in [6, 6.07) is 0. The maximum absolute atomic E-state index is 11.2. The van der Waals surface area contributed by atoms with Crippen LogP contribution in [0.15, 0.2) is 6.20 Å². The number of sulfone groups is 1. The highest BCUT2D eigenvalue weighted by molar-refractivity contribution is 7.90. The van der Waals surface area contributed by atoms with E-state index in [4.69, 9.17) is 0 Å². The minimum Gasteiger partial charge on any atom is -0.292 e. The molecule has 0 aliphatic rings. The van der Waals surface area contributed by atoms with Gasteiger partial charge in [0, 0.05) is 12.7 Å². The highest BCUT2D eigenvalue weighted by atomic mass is 32.2. The van der Waals surface area contributed by atoms with E-state index >= 15 is 0 Å². The van der Waals surface area contributed by atoms with Crippen molar-refractivity contribution in [3.05, 3.63) is 11.9 Å². The van der Waals surface area contributed by atoms with Crippen LogP contribution in [0.25, 0.3) is 0 Å². The molecule has 0 spiro atoms. The predicted molar refractivity (Wildman–Crippen MR) is 45.0 cm³/mol. The fraction of sp³-hybridized carbons (Fsp3) is 0.500. The third-order valence-electron chi connectivity index (χ3n) is 1.40. The Morgan fingerprint density at radius 2 is 2.31 bits per heavy atom. The molecule has 1 aromatic rings. The number of hydrogen-bond acceptors (Lipinski definition) is 5. The summed E-state index contributed by atoms with van der Waals surface area (Å²) in [6.45, 7) is 0. The zero-order valence-corrected chi connectivity index (χ0v) is 7.84. The SMILES string of the molecule is CS(=O)(=O)CCC(=O)c1cn[nH]n1. The normalized spacial score (nSPS) is 11.5. The molecule has 0 fully saturated rings. The average Bonchev–Trinajstić information content (AvgIpc) is 2.50. The Morgan fingerprint density at radius 1 is 1.62 bits per heavy atom. The Balaban J connectivity index is 2.53. The van der Waals surface area contributed by atoms with E-state index in [2.05, 4.69) is 15.4 Å². The highest BCUT2D eigenvalue weighted by Crippen LogP contribution is 1.98. The van der Waals surface area contributed by atoms with E-state index in [1.165, 1.54) is 6.20 Å². The van der Waals surface area contributed by atoms with Gasteiger partial charge < -0.3 is 0 Å². The van der Waals surface area contributed by atoms with E-state index in [-0.39, 0.29) is 23.7 Å². The van der Waals surface area contributed by atoms with Crippen molar-refractivity contribution in [2.24, 2.45) is 0 Å². The molecule has 0 aromatic carbocycles. The van der Waals surface area contributed by atoms with Crippen LogP contribution in [-0.2, 0) is 9.84 Å². The molecular formula is C6H9N3O3S. The Labute approximate surface area is 75.3 Å². The van der Waals surface area contributed by atoms with Gasteiger partial charge in [-0.1, -0.05) is 0 Å². The fourth-order valence-corrected chi connectivity index (χ4v) is 1.30. The van der Waals surface area contributed by atoms with Gasteiger partial charge in [-0.25, -0.2) is 8.42 Å². The van der Waals surface area contributed by atoms with Crippen molar-refractivity contribution < 1.29 is 13.2 Å². The molecule has 7 heteroatoms. The Hall–Kier alpha value is -1.24. The first-order chi connectivity index (χ1) is 5.99. The molecule has 0 atom stereocenters. The van der Waals surface area contributed by atoms with Crippen LogP contribution in [0.1, 0.15) is 16.9 Å². The number of nitrogens with one attached hydrogen (secondary N) is 1. The van der Waals surface area contributed by atoms with Gasteiger partial charge in [-0.3, -0.25) is 4.79 Å². The van der Waals surface area contributed by atoms with Crippen molar-refractivity contribution >= 4 is 15.6 Å². The molecule has 0 amide bonds. The molecule has 6 nitrogen and oxygen atoms in total. The van der Waals surface area contributed by atoms with Crippen LogP contribution in [0.5, 0.6) is 0 Å². The number of H-pyrrole nitrogens is 1. The minimum absolute atomic E-state index is 0.0502. The molecule has 0 aliphatic heterocycles. The number of carbonyl (C=O) groups excluding carboxylic acids is 1. The second-order valence-corrected chi connectivity index (χ2v) is 4.92. The van der Waals surface area contributed by atoms with Gasteiger partial charge >= 0.3 is 0 Å². The Bertz CT molecular complexity index is 381. The number of ketones is 1. The number of aromatic amines is 1. The lowest BCUT2D eigenvalue weighted by Crippen LogP contribution is -2.09. The molecule has 1 heterocycles. The molecule has 0 saturated heterocycles. The number of aromatic nitrogens is 3. The summed E-state index contributed by atoms with van der Waals surface area (Å²) in [7, 11) is -3.09. The molecule has 1 aromatic heterocycles.